The van der Waals surface area contributed by atoms with Gasteiger partial charge in [0, 0.05) is 12.5 Å². The molecule has 1 aliphatic rings. The summed E-state index contributed by atoms with van der Waals surface area (Å²) in [4.78, 5) is 47.6. The van der Waals surface area contributed by atoms with Crippen LogP contribution in [0.15, 0.2) is 42.5 Å². The molecule has 3 rings (SSSR count). The second-order valence-electron chi connectivity index (χ2n) is 4.93. The average molecular weight is 309 g/mol. The number of carbonyl (C=O) groups excluding carboxylic acids is 4. The van der Waals surface area contributed by atoms with E-state index >= 15 is 0 Å². The van der Waals surface area contributed by atoms with E-state index in [0.717, 1.165) is 0 Å². The second kappa shape index (κ2) is 5.49. The van der Waals surface area contributed by atoms with Gasteiger partial charge in [0.2, 0.25) is 0 Å². The molecule has 1 aliphatic heterocycles. The molecule has 0 aromatic heterocycles. The molecule has 0 spiro atoms. The van der Waals surface area contributed by atoms with Crippen molar-refractivity contribution in [3.05, 3.63) is 64.7 Å². The lowest BCUT2D eigenvalue weighted by Gasteiger charge is -2.09. The zero-order valence-electron chi connectivity index (χ0n) is 12.1. The number of fused-ring (bicyclic) bond motifs is 1. The van der Waals surface area contributed by atoms with E-state index in [1.165, 1.54) is 37.3 Å². The number of hydrogen-bond donors (Lipinski definition) is 1. The minimum atomic E-state index is -0.612. The van der Waals surface area contributed by atoms with Crippen LogP contribution in [0, 0.1) is 0 Å². The van der Waals surface area contributed by atoms with Gasteiger partial charge in [0.05, 0.1) is 16.7 Å². The fourth-order valence-electron chi connectivity index (χ4n) is 2.45. The molecule has 6 nitrogen and oxygen atoms in total. The van der Waals surface area contributed by atoms with Crippen molar-refractivity contribution in [3.63, 3.8) is 0 Å². The molecule has 2 amide bonds. The summed E-state index contributed by atoms with van der Waals surface area (Å²) in [7, 11) is 0. The number of esters is 1. The van der Waals surface area contributed by atoms with Gasteiger partial charge in [0.1, 0.15) is 5.75 Å². The molecule has 0 saturated carbocycles. The lowest BCUT2D eigenvalue weighted by atomic mass is 9.95. The van der Waals surface area contributed by atoms with Gasteiger partial charge < -0.3 is 4.74 Å². The number of ether oxygens (including phenoxy) is 1. The summed E-state index contributed by atoms with van der Waals surface area (Å²) in [5, 5.41) is 2.16. The number of imide groups is 1. The zero-order chi connectivity index (χ0) is 16.6. The third kappa shape index (κ3) is 2.50. The van der Waals surface area contributed by atoms with Crippen molar-refractivity contribution < 1.29 is 23.9 Å². The smallest absolute Gasteiger partial charge is 0.308 e. The van der Waals surface area contributed by atoms with Gasteiger partial charge in [-0.3, -0.25) is 24.5 Å². The van der Waals surface area contributed by atoms with Crippen LogP contribution in [0.1, 0.15) is 43.6 Å². The Morgan fingerprint density at radius 1 is 0.913 bits per heavy atom. The Hall–Kier alpha value is -3.28. The zero-order valence-corrected chi connectivity index (χ0v) is 12.1. The van der Waals surface area contributed by atoms with Crippen LogP contribution in [0.3, 0.4) is 0 Å². The molecular weight excluding hydrogens is 298 g/mol. The first-order valence-corrected chi connectivity index (χ1v) is 6.80. The predicted molar refractivity (Wildman–Crippen MR) is 79.4 cm³/mol. The molecule has 2 aromatic rings. The van der Waals surface area contributed by atoms with Gasteiger partial charge in [-0.05, 0) is 18.2 Å². The van der Waals surface area contributed by atoms with Crippen molar-refractivity contribution in [3.8, 4) is 5.75 Å². The first-order chi connectivity index (χ1) is 11.0. The van der Waals surface area contributed by atoms with Gasteiger partial charge in [-0.1, -0.05) is 24.3 Å². The maximum atomic E-state index is 12.8. The normalized spacial score (nSPS) is 12.6. The first kappa shape index (κ1) is 14.6. The van der Waals surface area contributed by atoms with E-state index in [-0.39, 0.29) is 28.0 Å². The molecule has 0 bridgehead atoms. The van der Waals surface area contributed by atoms with E-state index < -0.39 is 23.6 Å². The van der Waals surface area contributed by atoms with Crippen LogP contribution in [-0.2, 0) is 4.79 Å². The predicted octanol–water partition coefficient (Wildman–Crippen LogP) is 1.73. The SMILES string of the molecule is CC(=O)Oc1ccccc1C(=O)c1cccc2c1C(=O)NC2=O. The van der Waals surface area contributed by atoms with Crippen LogP contribution < -0.4 is 10.1 Å². The van der Waals surface area contributed by atoms with Crippen LogP contribution in [0.2, 0.25) is 0 Å². The van der Waals surface area contributed by atoms with Gasteiger partial charge in [0.15, 0.2) is 5.78 Å². The quantitative estimate of drug-likeness (QED) is 0.403. The molecule has 23 heavy (non-hydrogen) atoms. The molecule has 1 N–H and O–H groups in total. The molecule has 0 atom stereocenters. The number of benzene rings is 2. The minimum Gasteiger partial charge on any atom is -0.426 e. The Morgan fingerprint density at radius 3 is 2.35 bits per heavy atom. The Morgan fingerprint density at radius 2 is 1.61 bits per heavy atom. The average Bonchev–Trinajstić information content (AvgIpc) is 2.81. The molecule has 0 unspecified atom stereocenters. The third-order valence-corrected chi connectivity index (χ3v) is 3.39. The second-order valence-corrected chi connectivity index (χ2v) is 4.93. The largest absolute Gasteiger partial charge is 0.426 e. The van der Waals surface area contributed by atoms with Gasteiger partial charge >= 0.3 is 5.97 Å². The maximum absolute atomic E-state index is 12.8. The minimum absolute atomic E-state index is 0.0418. The van der Waals surface area contributed by atoms with Crippen LogP contribution in [-0.4, -0.2) is 23.6 Å². The van der Waals surface area contributed by atoms with Crippen molar-refractivity contribution >= 4 is 23.6 Å². The Labute approximate surface area is 131 Å². The van der Waals surface area contributed by atoms with Crippen molar-refractivity contribution in [2.24, 2.45) is 0 Å². The lowest BCUT2D eigenvalue weighted by molar-refractivity contribution is -0.131. The van der Waals surface area contributed by atoms with Gasteiger partial charge in [-0.2, -0.15) is 0 Å². The highest BCUT2D eigenvalue weighted by molar-refractivity contribution is 6.27. The van der Waals surface area contributed by atoms with Crippen LogP contribution in [0.5, 0.6) is 5.75 Å². The van der Waals surface area contributed by atoms with E-state index in [9.17, 15) is 19.2 Å². The fourth-order valence-corrected chi connectivity index (χ4v) is 2.45. The fraction of sp³-hybridized carbons (Fsp3) is 0.0588. The Bertz CT molecular complexity index is 869. The van der Waals surface area contributed by atoms with E-state index in [1.54, 1.807) is 12.1 Å². The number of para-hydroxylation sites is 1. The van der Waals surface area contributed by atoms with E-state index in [2.05, 4.69) is 5.32 Å². The summed E-state index contributed by atoms with van der Waals surface area (Å²) >= 11 is 0. The number of nitrogens with one attached hydrogen (secondary N) is 1. The standard InChI is InChI=1S/C17H11NO5/c1-9(19)23-13-8-3-2-5-10(13)15(20)11-6-4-7-12-14(11)17(22)18-16(12)21/h2-8H,1H3,(H,18,21,22). The Kier molecular flexibility index (Phi) is 3.50. The summed E-state index contributed by atoms with van der Waals surface area (Å²) < 4.78 is 5.03. The molecule has 0 aliphatic carbocycles. The molecule has 2 aromatic carbocycles. The topological polar surface area (TPSA) is 89.5 Å². The third-order valence-electron chi connectivity index (χ3n) is 3.39. The molecule has 6 heteroatoms. The highest BCUT2D eigenvalue weighted by Crippen LogP contribution is 2.26. The van der Waals surface area contributed by atoms with Crippen molar-refractivity contribution in [1.82, 2.24) is 5.32 Å². The van der Waals surface area contributed by atoms with E-state index in [4.69, 9.17) is 4.74 Å². The molecular formula is C17H11NO5. The van der Waals surface area contributed by atoms with Crippen LogP contribution in [0.4, 0.5) is 0 Å². The van der Waals surface area contributed by atoms with Gasteiger partial charge in [-0.15, -0.1) is 0 Å². The van der Waals surface area contributed by atoms with E-state index in [0.29, 0.717) is 0 Å². The molecule has 0 saturated heterocycles. The summed E-state index contributed by atoms with van der Waals surface area (Å²) in [6.45, 7) is 1.23. The number of amides is 2. The molecule has 114 valence electrons. The van der Waals surface area contributed by atoms with Crippen LogP contribution in [0.25, 0.3) is 0 Å². The van der Waals surface area contributed by atoms with Crippen molar-refractivity contribution in [2.75, 3.05) is 0 Å². The number of hydrogen-bond acceptors (Lipinski definition) is 5. The highest BCUT2D eigenvalue weighted by Gasteiger charge is 2.32. The maximum Gasteiger partial charge on any atom is 0.308 e. The summed E-state index contributed by atoms with van der Waals surface area (Å²) in [6.07, 6.45) is 0. The summed E-state index contributed by atoms with van der Waals surface area (Å²) in [6, 6.07) is 10.7. The number of carbonyl (C=O) groups is 4. The van der Waals surface area contributed by atoms with Gasteiger partial charge in [-0.25, -0.2) is 0 Å². The monoisotopic (exact) mass is 309 g/mol. The first-order valence-electron chi connectivity index (χ1n) is 6.80. The molecule has 0 radical (unpaired) electrons. The van der Waals surface area contributed by atoms with Gasteiger partial charge in [0.25, 0.3) is 11.8 Å². The molecule has 1 heterocycles. The van der Waals surface area contributed by atoms with E-state index in [1.807, 2.05) is 0 Å². The Balaban J connectivity index is 2.12. The summed E-state index contributed by atoms with van der Waals surface area (Å²) in [5.41, 5.74) is 0.430. The van der Waals surface area contributed by atoms with Crippen molar-refractivity contribution in [1.29, 1.82) is 0 Å². The molecule has 0 fully saturated rings. The highest BCUT2D eigenvalue weighted by atomic mass is 16.5. The van der Waals surface area contributed by atoms with Crippen molar-refractivity contribution in [2.45, 2.75) is 6.92 Å². The lowest BCUT2D eigenvalue weighted by Crippen LogP contribution is -2.20. The van der Waals surface area contributed by atoms with Crippen LogP contribution >= 0.6 is 0 Å². The number of rotatable bonds is 3. The summed E-state index contributed by atoms with van der Waals surface area (Å²) in [5.74, 6) is -2.10. The number of ketones is 1.